The van der Waals surface area contributed by atoms with Crippen LogP contribution < -0.4 is 0 Å². The molecule has 1 unspecified atom stereocenters. The van der Waals surface area contributed by atoms with Crippen LogP contribution in [0.5, 0.6) is 0 Å². The van der Waals surface area contributed by atoms with Crippen LogP contribution in [0.15, 0.2) is 47.9 Å². The van der Waals surface area contributed by atoms with Gasteiger partial charge in [-0.2, -0.15) is 0 Å². The van der Waals surface area contributed by atoms with Crippen molar-refractivity contribution in [3.63, 3.8) is 0 Å². The second kappa shape index (κ2) is 7.74. The minimum atomic E-state index is -0.571. The molecule has 0 bridgehead atoms. The maximum atomic E-state index is 14.1. The molecule has 1 atom stereocenters. The van der Waals surface area contributed by atoms with Gasteiger partial charge < -0.3 is 4.57 Å². The van der Waals surface area contributed by atoms with Crippen molar-refractivity contribution in [1.29, 1.82) is 0 Å². The van der Waals surface area contributed by atoms with Gasteiger partial charge in [0.15, 0.2) is 11.0 Å². The average molecular weight is 360 g/mol. The molecule has 0 radical (unpaired) electrons. The van der Waals surface area contributed by atoms with Crippen LogP contribution in [0, 0.1) is 11.6 Å². The lowest BCUT2D eigenvalue weighted by molar-refractivity contribution is 0.569. The van der Waals surface area contributed by atoms with Crippen molar-refractivity contribution in [3.8, 4) is 11.4 Å². The number of hydrogen-bond donors (Lipinski definition) is 0. The lowest BCUT2D eigenvalue weighted by atomic mass is 10.1. The third kappa shape index (κ3) is 3.71. The van der Waals surface area contributed by atoms with Gasteiger partial charge >= 0.3 is 0 Å². The molecule has 1 aromatic carbocycles. The largest absolute Gasteiger partial charge is 0.302 e. The second-order valence-corrected chi connectivity index (χ2v) is 6.64. The monoisotopic (exact) mass is 360 g/mol. The molecule has 25 heavy (non-hydrogen) atoms. The van der Waals surface area contributed by atoms with Crippen molar-refractivity contribution in [3.05, 3.63) is 59.9 Å². The van der Waals surface area contributed by atoms with Gasteiger partial charge in [-0.05, 0) is 31.5 Å². The van der Waals surface area contributed by atoms with E-state index in [4.69, 9.17) is 0 Å². The van der Waals surface area contributed by atoms with Crippen LogP contribution in [-0.4, -0.2) is 19.7 Å². The fourth-order valence-electron chi connectivity index (χ4n) is 2.63. The molecule has 0 aliphatic rings. The molecule has 130 valence electrons. The van der Waals surface area contributed by atoms with Crippen molar-refractivity contribution in [2.45, 2.75) is 37.2 Å². The zero-order valence-corrected chi connectivity index (χ0v) is 14.8. The molecule has 3 rings (SSSR count). The smallest absolute Gasteiger partial charge is 0.192 e. The predicted molar refractivity (Wildman–Crippen MR) is 94.2 cm³/mol. The Bertz CT molecular complexity index is 852. The van der Waals surface area contributed by atoms with Crippen LogP contribution >= 0.6 is 11.8 Å². The number of thioether (sulfide) groups is 1. The first-order valence-corrected chi connectivity index (χ1v) is 8.97. The van der Waals surface area contributed by atoms with Crippen molar-refractivity contribution >= 4 is 11.8 Å². The van der Waals surface area contributed by atoms with E-state index in [9.17, 15) is 8.78 Å². The van der Waals surface area contributed by atoms with Gasteiger partial charge in [0.25, 0.3) is 0 Å². The first-order valence-electron chi connectivity index (χ1n) is 8.09. The molecule has 2 aromatic heterocycles. The zero-order valence-electron chi connectivity index (χ0n) is 14.0. The fraction of sp³-hybridized carbons (Fsp3) is 0.278. The summed E-state index contributed by atoms with van der Waals surface area (Å²) in [6.45, 7) is 4.67. The van der Waals surface area contributed by atoms with Gasteiger partial charge in [-0.25, -0.2) is 8.78 Å². The summed E-state index contributed by atoms with van der Waals surface area (Å²) in [6.07, 6.45) is 4.10. The van der Waals surface area contributed by atoms with E-state index in [1.165, 1.54) is 23.9 Å². The molecule has 0 aliphatic heterocycles. The first kappa shape index (κ1) is 17.5. The Morgan fingerprint density at radius 2 is 1.84 bits per heavy atom. The van der Waals surface area contributed by atoms with Crippen molar-refractivity contribution in [1.82, 2.24) is 19.7 Å². The summed E-state index contributed by atoms with van der Waals surface area (Å²) < 4.78 is 29.3. The number of halogens is 2. The second-order valence-electron chi connectivity index (χ2n) is 5.47. The number of hydrogen-bond acceptors (Lipinski definition) is 4. The summed E-state index contributed by atoms with van der Waals surface area (Å²) in [5, 5.41) is 9.11. The molecule has 0 fully saturated rings. The van der Waals surface area contributed by atoms with Gasteiger partial charge in [-0.3, -0.25) is 4.98 Å². The van der Waals surface area contributed by atoms with E-state index in [2.05, 4.69) is 15.2 Å². The molecule has 0 saturated heterocycles. The molecule has 0 aliphatic carbocycles. The highest BCUT2D eigenvalue weighted by Gasteiger charge is 2.21. The Kier molecular flexibility index (Phi) is 5.43. The van der Waals surface area contributed by atoms with E-state index in [1.54, 1.807) is 12.4 Å². The minimum absolute atomic E-state index is 0.166. The lowest BCUT2D eigenvalue weighted by Gasteiger charge is -2.16. The van der Waals surface area contributed by atoms with E-state index < -0.39 is 11.6 Å². The highest BCUT2D eigenvalue weighted by molar-refractivity contribution is 7.99. The van der Waals surface area contributed by atoms with Gasteiger partial charge in [0.05, 0.1) is 0 Å². The standard InChI is InChI=1S/C18H18F2N4S/c1-3-16(14-6-5-13(19)11-15(14)20)25-18-23-22-17(24(18)4-2)12-7-9-21-10-8-12/h5-11,16H,3-4H2,1-2H3. The normalized spacial score (nSPS) is 12.3. The highest BCUT2D eigenvalue weighted by Crippen LogP contribution is 2.39. The highest BCUT2D eigenvalue weighted by atomic mass is 32.2. The van der Waals surface area contributed by atoms with Crippen LogP contribution in [0.1, 0.15) is 31.1 Å². The molecule has 0 spiro atoms. The lowest BCUT2D eigenvalue weighted by Crippen LogP contribution is -2.03. The van der Waals surface area contributed by atoms with Crippen LogP contribution in [0.3, 0.4) is 0 Å². The molecular formula is C18H18F2N4S. The summed E-state index contributed by atoms with van der Waals surface area (Å²) in [6, 6.07) is 7.46. The maximum absolute atomic E-state index is 14.1. The Morgan fingerprint density at radius 3 is 2.48 bits per heavy atom. The molecule has 0 N–H and O–H groups in total. The van der Waals surface area contributed by atoms with Gasteiger partial charge in [-0.1, -0.05) is 24.8 Å². The summed E-state index contributed by atoms with van der Waals surface area (Å²) in [4.78, 5) is 4.02. The molecule has 4 nitrogen and oxygen atoms in total. The third-order valence-corrected chi connectivity index (χ3v) is 5.28. The predicted octanol–water partition coefficient (Wildman–Crippen LogP) is 4.88. The number of benzene rings is 1. The molecule has 3 aromatic rings. The topological polar surface area (TPSA) is 43.6 Å². The Balaban J connectivity index is 1.92. The third-order valence-electron chi connectivity index (χ3n) is 3.90. The van der Waals surface area contributed by atoms with Crippen LogP contribution in [0.4, 0.5) is 8.78 Å². The van der Waals surface area contributed by atoms with Gasteiger partial charge in [0.2, 0.25) is 0 Å². The van der Waals surface area contributed by atoms with Gasteiger partial charge in [0.1, 0.15) is 11.6 Å². The molecule has 0 amide bonds. The number of nitrogens with zero attached hydrogens (tertiary/aromatic N) is 4. The maximum Gasteiger partial charge on any atom is 0.192 e. The quantitative estimate of drug-likeness (QED) is 0.588. The van der Waals surface area contributed by atoms with Crippen LogP contribution in [-0.2, 0) is 6.54 Å². The van der Waals surface area contributed by atoms with Crippen LogP contribution in [0.2, 0.25) is 0 Å². The summed E-state index contributed by atoms with van der Waals surface area (Å²) >= 11 is 1.44. The Hall–Kier alpha value is -2.28. The Labute approximate surface area is 149 Å². The minimum Gasteiger partial charge on any atom is -0.302 e. The molecular weight excluding hydrogens is 342 g/mol. The van der Waals surface area contributed by atoms with Crippen molar-refractivity contribution in [2.24, 2.45) is 0 Å². The van der Waals surface area contributed by atoms with Gasteiger partial charge in [0, 0.05) is 41.4 Å². The van der Waals surface area contributed by atoms with E-state index in [-0.39, 0.29) is 5.25 Å². The molecule has 7 heteroatoms. The summed E-state index contributed by atoms with van der Waals surface area (Å²) in [5.41, 5.74) is 1.40. The zero-order chi connectivity index (χ0) is 17.8. The first-order chi connectivity index (χ1) is 12.1. The van der Waals surface area contributed by atoms with E-state index >= 15 is 0 Å². The van der Waals surface area contributed by atoms with E-state index in [0.29, 0.717) is 23.7 Å². The average Bonchev–Trinajstić information content (AvgIpc) is 3.03. The van der Waals surface area contributed by atoms with Gasteiger partial charge in [-0.15, -0.1) is 10.2 Å². The summed E-state index contributed by atoms with van der Waals surface area (Å²) in [5.74, 6) is -0.351. The number of rotatable bonds is 6. The SMILES string of the molecule is CCC(Sc1nnc(-c2ccncc2)n1CC)c1ccc(F)cc1F. The van der Waals surface area contributed by atoms with Crippen LogP contribution in [0.25, 0.3) is 11.4 Å². The number of aromatic nitrogens is 4. The Morgan fingerprint density at radius 1 is 1.08 bits per heavy atom. The molecule has 2 heterocycles. The summed E-state index contributed by atoms with van der Waals surface area (Å²) in [7, 11) is 0. The fourth-order valence-corrected chi connectivity index (χ4v) is 3.80. The van der Waals surface area contributed by atoms with E-state index in [1.807, 2.05) is 30.5 Å². The van der Waals surface area contributed by atoms with Crippen molar-refractivity contribution < 1.29 is 8.78 Å². The number of pyridine rings is 1. The van der Waals surface area contributed by atoms with Crippen molar-refractivity contribution in [2.75, 3.05) is 0 Å². The van der Waals surface area contributed by atoms with E-state index in [0.717, 1.165) is 17.5 Å². The molecule has 0 saturated carbocycles.